The maximum absolute atomic E-state index is 5.01. The first-order chi connectivity index (χ1) is 2.91. The standard InChI is InChI=1S/C5H9O/c1-3-4-5-6-2/h1,3H,4-5H2,2H3. The van der Waals surface area contributed by atoms with E-state index in [0.717, 1.165) is 13.0 Å². The van der Waals surface area contributed by atoms with Gasteiger partial charge in [0.15, 0.2) is 0 Å². The molecule has 0 bridgehead atoms. The molecule has 6 heavy (non-hydrogen) atoms. The second-order valence-electron chi connectivity index (χ2n) is 1.02. The van der Waals surface area contributed by atoms with Crippen LogP contribution >= 0.6 is 0 Å². The van der Waals surface area contributed by atoms with Gasteiger partial charge in [0.05, 0.1) is 0 Å². The van der Waals surface area contributed by atoms with Gasteiger partial charge in [0.25, 0.3) is 0 Å². The predicted octanol–water partition coefficient (Wildman–Crippen LogP) is 1.01. The molecule has 0 amide bonds. The lowest BCUT2D eigenvalue weighted by atomic mass is 10.5. The summed E-state index contributed by atoms with van der Waals surface area (Å²) in [7, 11) is 1.66. The Morgan fingerprint density at radius 1 is 1.83 bits per heavy atom. The van der Waals surface area contributed by atoms with Crippen molar-refractivity contribution in [3.05, 3.63) is 12.7 Å². The van der Waals surface area contributed by atoms with Crippen LogP contribution in [0.15, 0.2) is 6.08 Å². The van der Waals surface area contributed by atoms with Crippen molar-refractivity contribution in [1.82, 2.24) is 0 Å². The lowest BCUT2D eigenvalue weighted by Crippen LogP contribution is -1.82. The topological polar surface area (TPSA) is 9.23 Å². The zero-order valence-corrected chi connectivity index (χ0v) is 3.98. The third-order valence-corrected chi connectivity index (χ3v) is 0.489. The molecule has 1 heteroatoms. The van der Waals surface area contributed by atoms with Gasteiger partial charge >= 0.3 is 0 Å². The predicted molar refractivity (Wildman–Crippen MR) is 25.4 cm³/mol. The molecule has 0 aromatic rings. The maximum Gasteiger partial charge on any atom is 0.0496 e. The minimum Gasteiger partial charge on any atom is -0.384 e. The average Bonchev–Trinajstić information content (AvgIpc) is 1.61. The van der Waals surface area contributed by atoms with Gasteiger partial charge in [0.1, 0.15) is 0 Å². The molecule has 0 rings (SSSR count). The van der Waals surface area contributed by atoms with Gasteiger partial charge in [-0.15, -0.1) is 0 Å². The second kappa shape index (κ2) is 4.70. The van der Waals surface area contributed by atoms with Gasteiger partial charge in [-0.05, 0) is 6.42 Å². The molecule has 0 spiro atoms. The smallest absolute Gasteiger partial charge is 0.0496 e. The molecule has 35 valence electrons. The normalized spacial score (nSPS) is 8.17. The molecule has 0 N–H and O–H groups in total. The highest BCUT2D eigenvalue weighted by Gasteiger charge is 1.70. The van der Waals surface area contributed by atoms with Crippen molar-refractivity contribution in [2.24, 2.45) is 0 Å². The van der Waals surface area contributed by atoms with E-state index in [1.165, 1.54) is 0 Å². The summed E-state index contributed by atoms with van der Waals surface area (Å²) in [5.74, 6) is 0. The van der Waals surface area contributed by atoms with Crippen LogP contribution in [-0.4, -0.2) is 13.7 Å². The number of methoxy groups -OCH3 is 1. The Balaban J connectivity index is 2.49. The van der Waals surface area contributed by atoms with Gasteiger partial charge < -0.3 is 4.74 Å². The fraction of sp³-hybridized carbons (Fsp3) is 0.600. The van der Waals surface area contributed by atoms with Crippen LogP contribution in [0.25, 0.3) is 0 Å². The lowest BCUT2D eigenvalue weighted by molar-refractivity contribution is 0.204. The molecule has 0 atom stereocenters. The van der Waals surface area contributed by atoms with E-state index in [-0.39, 0.29) is 0 Å². The molecule has 0 saturated carbocycles. The summed E-state index contributed by atoms with van der Waals surface area (Å²) in [6, 6.07) is 0. The fourth-order valence-corrected chi connectivity index (χ4v) is 0.186. The van der Waals surface area contributed by atoms with Crippen LogP contribution in [0.4, 0.5) is 0 Å². The number of hydrogen-bond donors (Lipinski definition) is 0. The molecule has 0 unspecified atom stereocenters. The van der Waals surface area contributed by atoms with Crippen molar-refractivity contribution >= 4 is 0 Å². The van der Waals surface area contributed by atoms with Crippen molar-refractivity contribution in [2.75, 3.05) is 13.7 Å². The van der Waals surface area contributed by atoms with Crippen molar-refractivity contribution in [2.45, 2.75) is 6.42 Å². The van der Waals surface area contributed by atoms with Gasteiger partial charge in [0.2, 0.25) is 0 Å². The minimum atomic E-state index is 0.733. The molecule has 0 aliphatic carbocycles. The highest BCUT2D eigenvalue weighted by molar-refractivity contribution is 4.59. The number of rotatable bonds is 3. The number of ether oxygens (including phenoxy) is 1. The molecule has 0 aliphatic heterocycles. The van der Waals surface area contributed by atoms with E-state index in [0.29, 0.717) is 0 Å². The van der Waals surface area contributed by atoms with E-state index in [9.17, 15) is 0 Å². The SMILES string of the molecule is [CH]=CCCOC. The van der Waals surface area contributed by atoms with E-state index in [4.69, 9.17) is 6.58 Å². The molecule has 0 fully saturated rings. The van der Waals surface area contributed by atoms with E-state index in [1.807, 2.05) is 0 Å². The molecule has 1 nitrogen and oxygen atoms in total. The largest absolute Gasteiger partial charge is 0.384 e. The third kappa shape index (κ3) is 3.70. The summed E-state index contributed by atoms with van der Waals surface area (Å²) in [4.78, 5) is 0. The molecule has 0 heterocycles. The summed E-state index contributed by atoms with van der Waals surface area (Å²) in [6.07, 6.45) is 2.43. The summed E-state index contributed by atoms with van der Waals surface area (Å²) < 4.78 is 4.67. The third-order valence-electron chi connectivity index (χ3n) is 0.489. The highest BCUT2D eigenvalue weighted by Crippen LogP contribution is 1.76. The Kier molecular flexibility index (Phi) is 4.46. The zero-order chi connectivity index (χ0) is 4.83. The molecule has 1 radical (unpaired) electrons. The van der Waals surface area contributed by atoms with Crippen LogP contribution in [0.3, 0.4) is 0 Å². The Bertz CT molecular complexity index is 32.9. The Morgan fingerprint density at radius 3 is 2.67 bits per heavy atom. The molecular weight excluding hydrogens is 76.1 g/mol. The first kappa shape index (κ1) is 5.70. The van der Waals surface area contributed by atoms with Crippen LogP contribution < -0.4 is 0 Å². The fourth-order valence-electron chi connectivity index (χ4n) is 0.186. The molecule has 0 aromatic heterocycles. The van der Waals surface area contributed by atoms with Crippen LogP contribution in [-0.2, 0) is 4.74 Å². The van der Waals surface area contributed by atoms with Gasteiger partial charge in [-0.1, -0.05) is 12.7 Å². The first-order valence-corrected chi connectivity index (χ1v) is 1.94. The van der Waals surface area contributed by atoms with Crippen molar-refractivity contribution in [3.8, 4) is 0 Å². The van der Waals surface area contributed by atoms with E-state index < -0.39 is 0 Å². The lowest BCUT2D eigenvalue weighted by Gasteiger charge is -1.86. The quantitative estimate of drug-likeness (QED) is 0.465. The number of hydrogen-bond acceptors (Lipinski definition) is 1. The molecule has 0 saturated heterocycles. The van der Waals surface area contributed by atoms with Crippen LogP contribution in [0.2, 0.25) is 0 Å². The highest BCUT2D eigenvalue weighted by atomic mass is 16.5. The van der Waals surface area contributed by atoms with Crippen molar-refractivity contribution < 1.29 is 4.74 Å². The van der Waals surface area contributed by atoms with Gasteiger partial charge in [-0.25, -0.2) is 0 Å². The van der Waals surface area contributed by atoms with Gasteiger partial charge in [-0.3, -0.25) is 0 Å². The minimum absolute atomic E-state index is 0.733. The monoisotopic (exact) mass is 85.1 g/mol. The molecule has 0 aliphatic rings. The molecular formula is C5H9O. The Hall–Kier alpha value is -0.300. The summed E-state index contributed by atoms with van der Waals surface area (Å²) >= 11 is 0. The van der Waals surface area contributed by atoms with Gasteiger partial charge in [-0.2, -0.15) is 0 Å². The van der Waals surface area contributed by atoms with E-state index in [2.05, 4.69) is 4.74 Å². The average molecular weight is 85.1 g/mol. The van der Waals surface area contributed by atoms with Crippen molar-refractivity contribution in [1.29, 1.82) is 0 Å². The van der Waals surface area contributed by atoms with Crippen LogP contribution in [0.1, 0.15) is 6.42 Å². The Morgan fingerprint density at radius 2 is 2.50 bits per heavy atom. The summed E-state index contributed by atoms with van der Waals surface area (Å²) in [6.45, 7) is 5.74. The van der Waals surface area contributed by atoms with Crippen molar-refractivity contribution in [3.63, 3.8) is 0 Å². The zero-order valence-electron chi connectivity index (χ0n) is 3.98. The van der Waals surface area contributed by atoms with Crippen LogP contribution in [0.5, 0.6) is 0 Å². The first-order valence-electron chi connectivity index (χ1n) is 1.94. The summed E-state index contributed by atoms with van der Waals surface area (Å²) in [5, 5.41) is 0. The second-order valence-corrected chi connectivity index (χ2v) is 1.02. The van der Waals surface area contributed by atoms with Crippen LogP contribution in [0, 0.1) is 6.58 Å². The van der Waals surface area contributed by atoms with E-state index >= 15 is 0 Å². The van der Waals surface area contributed by atoms with Gasteiger partial charge in [0, 0.05) is 13.7 Å². The summed E-state index contributed by atoms with van der Waals surface area (Å²) in [5.41, 5.74) is 0. The Labute approximate surface area is 38.6 Å². The van der Waals surface area contributed by atoms with E-state index in [1.54, 1.807) is 13.2 Å². The maximum atomic E-state index is 5.01. The molecule has 0 aromatic carbocycles.